The third-order valence-electron chi connectivity index (χ3n) is 4.27. The molecule has 1 aromatic carbocycles. The lowest BCUT2D eigenvalue weighted by atomic mass is 10.1. The summed E-state index contributed by atoms with van der Waals surface area (Å²) < 4.78 is 30.8. The van der Waals surface area contributed by atoms with E-state index >= 15 is 0 Å². The van der Waals surface area contributed by atoms with Crippen LogP contribution in [0.5, 0.6) is 0 Å². The summed E-state index contributed by atoms with van der Waals surface area (Å²) in [5.74, 6) is -0.503. The number of carbonyl (C=O) groups excluding carboxylic acids is 1. The molecule has 0 aliphatic carbocycles. The molecule has 8 nitrogen and oxygen atoms in total. The van der Waals surface area contributed by atoms with Crippen molar-refractivity contribution in [1.82, 2.24) is 14.3 Å². The number of anilines is 2. The maximum absolute atomic E-state index is 12.4. The summed E-state index contributed by atoms with van der Waals surface area (Å²) >= 11 is 0. The number of hydrogen-bond acceptors (Lipinski definition) is 7. The predicted octanol–water partition coefficient (Wildman–Crippen LogP) is 3.11. The molecule has 152 valence electrons. The molecule has 0 fully saturated rings. The van der Waals surface area contributed by atoms with Gasteiger partial charge in [-0.05, 0) is 50.2 Å². The van der Waals surface area contributed by atoms with E-state index in [0.717, 1.165) is 10.00 Å². The van der Waals surface area contributed by atoms with Gasteiger partial charge in [0.25, 0.3) is 0 Å². The van der Waals surface area contributed by atoms with Crippen molar-refractivity contribution in [3.05, 3.63) is 53.9 Å². The van der Waals surface area contributed by atoms with Gasteiger partial charge >= 0.3 is 5.97 Å². The molecule has 1 N–H and O–H groups in total. The minimum atomic E-state index is -3.52. The van der Waals surface area contributed by atoms with Crippen molar-refractivity contribution < 1.29 is 17.9 Å². The molecular weight excluding hydrogens is 392 g/mol. The van der Waals surface area contributed by atoms with E-state index < -0.39 is 16.0 Å². The fraction of sp³-hybridized carbons (Fsp3) is 0.250. The van der Waals surface area contributed by atoms with Crippen LogP contribution in [0.15, 0.2) is 47.5 Å². The van der Waals surface area contributed by atoms with Gasteiger partial charge in [0, 0.05) is 37.1 Å². The number of nitrogens with zero attached hydrogens (tertiary/aromatic N) is 3. The van der Waals surface area contributed by atoms with Gasteiger partial charge in [-0.1, -0.05) is 0 Å². The first-order valence-electron chi connectivity index (χ1n) is 8.97. The van der Waals surface area contributed by atoms with Crippen LogP contribution >= 0.6 is 0 Å². The van der Waals surface area contributed by atoms with E-state index in [1.807, 2.05) is 19.1 Å². The van der Waals surface area contributed by atoms with E-state index in [2.05, 4.69) is 15.3 Å². The first-order chi connectivity index (χ1) is 13.7. The molecule has 0 saturated carbocycles. The summed E-state index contributed by atoms with van der Waals surface area (Å²) in [5.41, 5.74) is 2.69. The quantitative estimate of drug-likeness (QED) is 0.618. The van der Waals surface area contributed by atoms with Crippen LogP contribution in [-0.2, 0) is 14.8 Å². The van der Waals surface area contributed by atoms with Crippen LogP contribution in [0.2, 0.25) is 0 Å². The van der Waals surface area contributed by atoms with Gasteiger partial charge in [0.15, 0.2) is 5.65 Å². The molecule has 0 amide bonds. The number of hydrogen-bond donors (Lipinski definition) is 1. The fourth-order valence-electron chi connectivity index (χ4n) is 2.74. The highest BCUT2D eigenvalue weighted by molar-refractivity contribution is 7.89. The van der Waals surface area contributed by atoms with Gasteiger partial charge in [0.05, 0.1) is 17.2 Å². The summed E-state index contributed by atoms with van der Waals surface area (Å²) in [6, 6.07) is 9.96. The topological polar surface area (TPSA) is 101 Å². The highest BCUT2D eigenvalue weighted by atomic mass is 32.2. The van der Waals surface area contributed by atoms with Gasteiger partial charge in [0.1, 0.15) is 5.56 Å². The fourth-order valence-corrected chi connectivity index (χ4v) is 3.64. The molecule has 0 unspecified atom stereocenters. The lowest BCUT2D eigenvalue weighted by molar-refractivity contribution is 0.0527. The summed E-state index contributed by atoms with van der Waals surface area (Å²) in [6.07, 6.45) is 1.43. The SMILES string of the molecule is CCOC(=O)c1cnc2nc(C)ccc2c1Nc1ccc(S(=O)(=O)N(C)C)cc1. The van der Waals surface area contributed by atoms with Crippen molar-refractivity contribution in [3.8, 4) is 0 Å². The summed E-state index contributed by atoms with van der Waals surface area (Å²) in [6.45, 7) is 3.82. The predicted molar refractivity (Wildman–Crippen MR) is 111 cm³/mol. The van der Waals surface area contributed by atoms with Crippen molar-refractivity contribution in [2.45, 2.75) is 18.7 Å². The number of ether oxygens (including phenoxy) is 1. The highest BCUT2D eigenvalue weighted by Gasteiger charge is 2.19. The first kappa shape index (κ1) is 20.7. The van der Waals surface area contributed by atoms with Gasteiger partial charge in [-0.25, -0.2) is 27.5 Å². The molecule has 0 aliphatic heterocycles. The number of nitrogens with one attached hydrogen (secondary N) is 1. The Labute approximate surface area is 169 Å². The lowest BCUT2D eigenvalue weighted by Crippen LogP contribution is -2.22. The van der Waals surface area contributed by atoms with E-state index in [4.69, 9.17) is 4.74 Å². The monoisotopic (exact) mass is 414 g/mol. The Morgan fingerprint density at radius 1 is 1.14 bits per heavy atom. The number of aryl methyl sites for hydroxylation is 1. The van der Waals surface area contributed by atoms with Gasteiger partial charge in [-0.3, -0.25) is 0 Å². The Balaban J connectivity index is 2.06. The van der Waals surface area contributed by atoms with E-state index in [9.17, 15) is 13.2 Å². The molecular formula is C20H22N4O4S. The maximum Gasteiger partial charge on any atom is 0.341 e. The summed E-state index contributed by atoms with van der Waals surface area (Å²) in [5, 5.41) is 3.85. The van der Waals surface area contributed by atoms with Gasteiger partial charge in [-0.15, -0.1) is 0 Å². The Bertz CT molecular complexity index is 1160. The van der Waals surface area contributed by atoms with Crippen molar-refractivity contribution >= 4 is 38.4 Å². The van der Waals surface area contributed by atoms with Crippen LogP contribution in [0.4, 0.5) is 11.4 Å². The van der Waals surface area contributed by atoms with E-state index in [0.29, 0.717) is 22.4 Å². The molecule has 0 bridgehead atoms. The molecule has 29 heavy (non-hydrogen) atoms. The number of fused-ring (bicyclic) bond motifs is 1. The third-order valence-corrected chi connectivity index (χ3v) is 6.10. The van der Waals surface area contributed by atoms with Crippen LogP contribution in [0.3, 0.4) is 0 Å². The van der Waals surface area contributed by atoms with E-state index in [1.54, 1.807) is 19.1 Å². The Hall–Kier alpha value is -3.04. The molecule has 2 aromatic heterocycles. The second-order valence-corrected chi connectivity index (χ2v) is 8.68. The molecule has 0 atom stereocenters. The lowest BCUT2D eigenvalue weighted by Gasteiger charge is -2.15. The van der Waals surface area contributed by atoms with Gasteiger partial charge in [-0.2, -0.15) is 0 Å². The largest absolute Gasteiger partial charge is 0.462 e. The Kier molecular flexibility index (Phi) is 5.81. The van der Waals surface area contributed by atoms with E-state index in [1.165, 1.54) is 32.4 Å². The average molecular weight is 414 g/mol. The second kappa shape index (κ2) is 8.14. The second-order valence-electron chi connectivity index (χ2n) is 6.53. The van der Waals surface area contributed by atoms with Gasteiger partial charge < -0.3 is 10.1 Å². The van der Waals surface area contributed by atoms with Crippen molar-refractivity contribution in [2.24, 2.45) is 0 Å². The highest BCUT2D eigenvalue weighted by Crippen LogP contribution is 2.30. The minimum Gasteiger partial charge on any atom is -0.462 e. The number of sulfonamides is 1. The molecule has 0 spiro atoms. The van der Waals surface area contributed by atoms with Crippen molar-refractivity contribution in [2.75, 3.05) is 26.0 Å². The standard InChI is InChI=1S/C20H22N4O4S/c1-5-28-20(25)17-12-21-19-16(11-6-13(2)22-19)18(17)23-14-7-9-15(10-8-14)29(26,27)24(3)4/h6-12H,5H2,1-4H3,(H,21,22,23). The van der Waals surface area contributed by atoms with Crippen molar-refractivity contribution in [1.29, 1.82) is 0 Å². The molecule has 3 rings (SSSR count). The van der Waals surface area contributed by atoms with Crippen LogP contribution in [0.1, 0.15) is 23.0 Å². The number of aromatic nitrogens is 2. The smallest absolute Gasteiger partial charge is 0.341 e. The van der Waals surface area contributed by atoms with Crippen molar-refractivity contribution in [3.63, 3.8) is 0 Å². The zero-order valence-electron chi connectivity index (χ0n) is 16.6. The first-order valence-corrected chi connectivity index (χ1v) is 10.4. The molecule has 0 aliphatic rings. The number of benzene rings is 1. The minimum absolute atomic E-state index is 0.176. The van der Waals surface area contributed by atoms with Crippen LogP contribution in [0.25, 0.3) is 11.0 Å². The summed E-state index contributed by atoms with van der Waals surface area (Å²) in [4.78, 5) is 21.3. The Morgan fingerprint density at radius 2 is 1.83 bits per heavy atom. The molecule has 0 saturated heterocycles. The van der Waals surface area contributed by atoms with E-state index in [-0.39, 0.29) is 17.1 Å². The van der Waals surface area contributed by atoms with Gasteiger partial charge in [0.2, 0.25) is 10.0 Å². The number of carbonyl (C=O) groups is 1. The molecule has 0 radical (unpaired) electrons. The average Bonchev–Trinajstić information content (AvgIpc) is 2.68. The van der Waals surface area contributed by atoms with Crippen LogP contribution in [0, 0.1) is 6.92 Å². The van der Waals surface area contributed by atoms with Crippen LogP contribution in [-0.4, -0.2) is 49.4 Å². The maximum atomic E-state index is 12.4. The summed E-state index contributed by atoms with van der Waals surface area (Å²) in [7, 11) is -0.569. The Morgan fingerprint density at radius 3 is 2.45 bits per heavy atom. The normalized spacial score (nSPS) is 11.6. The zero-order valence-corrected chi connectivity index (χ0v) is 17.4. The van der Waals surface area contributed by atoms with Crippen LogP contribution < -0.4 is 5.32 Å². The third kappa shape index (κ3) is 4.20. The molecule has 3 aromatic rings. The molecule has 9 heteroatoms. The molecule has 2 heterocycles. The number of esters is 1. The zero-order chi connectivity index (χ0) is 21.2. The number of rotatable bonds is 6. The number of pyridine rings is 2.